The molecule has 1 rings (SSSR count). The van der Waals surface area contributed by atoms with Gasteiger partial charge in [-0.1, -0.05) is 0 Å². The summed E-state index contributed by atoms with van der Waals surface area (Å²) in [5.74, 6) is -0.0267. The molecule has 0 N–H and O–H groups in total. The van der Waals surface area contributed by atoms with Gasteiger partial charge in [0.05, 0.1) is 5.60 Å². The van der Waals surface area contributed by atoms with Crippen LogP contribution in [0.4, 0.5) is 0 Å². The minimum atomic E-state index is -0.285. The van der Waals surface area contributed by atoms with E-state index in [1.165, 1.54) is 0 Å². The minimum absolute atomic E-state index is 0.0267. The summed E-state index contributed by atoms with van der Waals surface area (Å²) in [4.78, 5) is 15.7. The molecule has 0 atom stereocenters. The summed E-state index contributed by atoms with van der Waals surface area (Å²) in [5.41, 5.74) is 1.31. The summed E-state index contributed by atoms with van der Waals surface area (Å²) in [5, 5.41) is 0. The lowest BCUT2D eigenvalue weighted by atomic mass is 10.1. The molecule has 1 aromatic heterocycles. The fourth-order valence-corrected chi connectivity index (χ4v) is 1.07. The van der Waals surface area contributed by atoms with E-state index in [0.29, 0.717) is 5.56 Å². The normalized spacial score (nSPS) is 11.5. The Hall–Kier alpha value is -1.22. The summed E-state index contributed by atoms with van der Waals surface area (Å²) >= 11 is 0. The van der Waals surface area contributed by atoms with Crippen molar-refractivity contribution in [2.75, 3.05) is 6.61 Å². The second-order valence-corrected chi connectivity index (χ2v) is 4.58. The molecule has 0 aliphatic carbocycles. The Morgan fingerprint density at radius 2 is 2.07 bits per heavy atom. The van der Waals surface area contributed by atoms with Crippen LogP contribution in [0.3, 0.4) is 0 Å². The van der Waals surface area contributed by atoms with Crippen LogP contribution in [0.25, 0.3) is 0 Å². The first-order valence-electron chi connectivity index (χ1n) is 4.97. The van der Waals surface area contributed by atoms with E-state index in [1.807, 2.05) is 33.8 Å². The topological polar surface area (TPSA) is 39.2 Å². The molecular formula is C12H17NO2. The highest BCUT2D eigenvalue weighted by Gasteiger charge is 2.14. The van der Waals surface area contributed by atoms with E-state index in [1.54, 1.807) is 12.4 Å². The SMILES string of the molecule is Cc1cncc(C(=O)COC(C)(C)C)c1. The van der Waals surface area contributed by atoms with E-state index < -0.39 is 0 Å². The van der Waals surface area contributed by atoms with Gasteiger partial charge in [-0.15, -0.1) is 0 Å². The molecule has 3 heteroatoms. The molecule has 0 spiro atoms. The number of Topliss-reactive ketones (excluding diaryl/α,β-unsaturated/α-hetero) is 1. The number of ketones is 1. The van der Waals surface area contributed by atoms with Gasteiger partial charge in [-0.3, -0.25) is 9.78 Å². The number of carbonyl (C=O) groups is 1. The zero-order valence-corrected chi connectivity index (χ0v) is 9.70. The monoisotopic (exact) mass is 207 g/mol. The number of aromatic nitrogens is 1. The van der Waals surface area contributed by atoms with E-state index in [2.05, 4.69) is 4.98 Å². The van der Waals surface area contributed by atoms with E-state index in [-0.39, 0.29) is 18.0 Å². The molecule has 0 unspecified atom stereocenters. The van der Waals surface area contributed by atoms with Crippen molar-refractivity contribution < 1.29 is 9.53 Å². The summed E-state index contributed by atoms with van der Waals surface area (Å²) in [7, 11) is 0. The zero-order valence-electron chi connectivity index (χ0n) is 9.70. The van der Waals surface area contributed by atoms with Crippen LogP contribution >= 0.6 is 0 Å². The molecule has 0 aliphatic heterocycles. The molecule has 3 nitrogen and oxygen atoms in total. The average molecular weight is 207 g/mol. The largest absolute Gasteiger partial charge is 0.368 e. The van der Waals surface area contributed by atoms with Gasteiger partial charge in [-0.25, -0.2) is 0 Å². The molecule has 82 valence electrons. The number of aryl methyl sites for hydroxylation is 1. The lowest BCUT2D eigenvalue weighted by molar-refractivity contribution is 0.00305. The number of nitrogens with zero attached hydrogens (tertiary/aromatic N) is 1. The quantitative estimate of drug-likeness (QED) is 0.714. The van der Waals surface area contributed by atoms with Gasteiger partial charge in [0.25, 0.3) is 0 Å². The highest BCUT2D eigenvalue weighted by Crippen LogP contribution is 2.09. The van der Waals surface area contributed by atoms with Crippen LogP contribution in [0.2, 0.25) is 0 Å². The average Bonchev–Trinajstić information content (AvgIpc) is 2.13. The molecule has 0 saturated heterocycles. The summed E-state index contributed by atoms with van der Waals surface area (Å²) < 4.78 is 5.41. The molecule has 0 fully saturated rings. The van der Waals surface area contributed by atoms with Crippen molar-refractivity contribution in [2.24, 2.45) is 0 Å². The Morgan fingerprint density at radius 3 is 2.60 bits per heavy atom. The van der Waals surface area contributed by atoms with Crippen molar-refractivity contribution in [1.82, 2.24) is 4.98 Å². The molecule has 1 heterocycles. The van der Waals surface area contributed by atoms with Gasteiger partial charge >= 0.3 is 0 Å². The lowest BCUT2D eigenvalue weighted by Crippen LogP contribution is -2.23. The fraction of sp³-hybridized carbons (Fsp3) is 0.500. The number of hydrogen-bond donors (Lipinski definition) is 0. The number of rotatable bonds is 3. The molecule has 0 radical (unpaired) electrons. The van der Waals surface area contributed by atoms with Gasteiger partial charge in [0, 0.05) is 18.0 Å². The Morgan fingerprint density at radius 1 is 1.40 bits per heavy atom. The molecular weight excluding hydrogens is 190 g/mol. The summed E-state index contributed by atoms with van der Waals surface area (Å²) in [6, 6.07) is 1.82. The summed E-state index contributed by atoms with van der Waals surface area (Å²) in [6.07, 6.45) is 3.29. The molecule has 0 saturated carbocycles. The first-order valence-corrected chi connectivity index (χ1v) is 4.97. The van der Waals surface area contributed by atoms with E-state index in [4.69, 9.17) is 4.74 Å². The second kappa shape index (κ2) is 4.53. The van der Waals surface area contributed by atoms with E-state index >= 15 is 0 Å². The third-order valence-corrected chi connectivity index (χ3v) is 1.83. The van der Waals surface area contributed by atoms with Gasteiger partial charge in [-0.05, 0) is 39.3 Å². The van der Waals surface area contributed by atoms with Gasteiger partial charge in [-0.2, -0.15) is 0 Å². The van der Waals surface area contributed by atoms with Gasteiger partial charge in [0.2, 0.25) is 0 Å². The van der Waals surface area contributed by atoms with Crippen molar-refractivity contribution in [3.63, 3.8) is 0 Å². The molecule has 0 bridgehead atoms. The van der Waals surface area contributed by atoms with Crippen LogP contribution in [-0.4, -0.2) is 23.0 Å². The van der Waals surface area contributed by atoms with Crippen molar-refractivity contribution >= 4 is 5.78 Å². The maximum atomic E-state index is 11.7. The van der Waals surface area contributed by atoms with Crippen molar-refractivity contribution in [3.8, 4) is 0 Å². The van der Waals surface area contributed by atoms with Crippen LogP contribution in [0.5, 0.6) is 0 Å². The molecule has 0 aliphatic rings. The smallest absolute Gasteiger partial charge is 0.190 e. The molecule has 1 aromatic rings. The second-order valence-electron chi connectivity index (χ2n) is 4.58. The maximum Gasteiger partial charge on any atom is 0.190 e. The predicted molar refractivity (Wildman–Crippen MR) is 59.0 cm³/mol. The van der Waals surface area contributed by atoms with Gasteiger partial charge in [0.1, 0.15) is 6.61 Å². The fourth-order valence-electron chi connectivity index (χ4n) is 1.07. The first kappa shape index (κ1) is 11.9. The predicted octanol–water partition coefficient (Wildman–Crippen LogP) is 2.39. The van der Waals surface area contributed by atoms with Crippen molar-refractivity contribution in [3.05, 3.63) is 29.6 Å². The van der Waals surface area contributed by atoms with Crippen LogP contribution < -0.4 is 0 Å². The highest BCUT2D eigenvalue weighted by molar-refractivity contribution is 5.96. The number of pyridine rings is 1. The van der Waals surface area contributed by atoms with Gasteiger partial charge < -0.3 is 4.74 Å². The van der Waals surface area contributed by atoms with Crippen LogP contribution in [0.1, 0.15) is 36.7 Å². The van der Waals surface area contributed by atoms with Gasteiger partial charge in [0.15, 0.2) is 5.78 Å². The molecule has 15 heavy (non-hydrogen) atoms. The minimum Gasteiger partial charge on any atom is -0.368 e. The summed E-state index contributed by atoms with van der Waals surface area (Å²) in [6.45, 7) is 7.79. The third-order valence-electron chi connectivity index (χ3n) is 1.83. The van der Waals surface area contributed by atoms with Crippen molar-refractivity contribution in [1.29, 1.82) is 0 Å². The Kier molecular flexibility index (Phi) is 3.58. The Balaban J connectivity index is 2.62. The van der Waals surface area contributed by atoms with Crippen LogP contribution in [-0.2, 0) is 4.74 Å². The standard InChI is InChI=1S/C12H17NO2/c1-9-5-10(7-13-6-9)11(14)8-15-12(2,3)4/h5-7H,8H2,1-4H3. The Labute approximate surface area is 90.5 Å². The third kappa shape index (κ3) is 4.21. The van der Waals surface area contributed by atoms with Crippen molar-refractivity contribution in [2.45, 2.75) is 33.3 Å². The van der Waals surface area contributed by atoms with E-state index in [0.717, 1.165) is 5.56 Å². The maximum absolute atomic E-state index is 11.7. The molecule has 0 amide bonds. The zero-order chi connectivity index (χ0) is 11.5. The lowest BCUT2D eigenvalue weighted by Gasteiger charge is -2.18. The highest BCUT2D eigenvalue weighted by atomic mass is 16.5. The van der Waals surface area contributed by atoms with Crippen LogP contribution in [0, 0.1) is 6.92 Å². The Bertz CT molecular complexity index is 353. The van der Waals surface area contributed by atoms with E-state index in [9.17, 15) is 4.79 Å². The first-order chi connectivity index (χ1) is 6.88. The number of carbonyl (C=O) groups excluding carboxylic acids is 1. The number of ether oxygens (including phenoxy) is 1. The number of hydrogen-bond acceptors (Lipinski definition) is 3. The van der Waals surface area contributed by atoms with Crippen LogP contribution in [0.15, 0.2) is 18.5 Å². The molecule has 0 aromatic carbocycles.